The van der Waals surface area contributed by atoms with E-state index in [1.54, 1.807) is 18.3 Å². The Balaban J connectivity index is 1.76. The van der Waals surface area contributed by atoms with Gasteiger partial charge in [0.25, 0.3) is 10.8 Å². The fourth-order valence-electron chi connectivity index (χ4n) is 2.35. The van der Waals surface area contributed by atoms with Crippen LogP contribution in [0.1, 0.15) is 27.8 Å². The molecular formula is C16H17N5O3S2. The average Bonchev–Trinajstić information content (AvgIpc) is 3.22. The maximum atomic E-state index is 12.5. The van der Waals surface area contributed by atoms with E-state index in [-0.39, 0.29) is 18.5 Å². The zero-order valence-corrected chi connectivity index (χ0v) is 15.9. The van der Waals surface area contributed by atoms with Crippen LogP contribution in [-0.2, 0) is 18.7 Å². The number of rotatable bonds is 7. The van der Waals surface area contributed by atoms with Gasteiger partial charge in [0.1, 0.15) is 0 Å². The van der Waals surface area contributed by atoms with Crippen molar-refractivity contribution in [2.75, 3.05) is 0 Å². The lowest BCUT2D eigenvalue weighted by atomic mass is 10.1. The number of aryl methyl sites for hydroxylation is 2. The van der Waals surface area contributed by atoms with Crippen LogP contribution < -0.4 is 11.2 Å². The summed E-state index contributed by atoms with van der Waals surface area (Å²) in [5.41, 5.74) is 1.03. The van der Waals surface area contributed by atoms with Crippen LogP contribution in [0.5, 0.6) is 0 Å². The van der Waals surface area contributed by atoms with Crippen LogP contribution in [0.15, 0.2) is 37.3 Å². The molecule has 0 aliphatic heterocycles. The number of hydrogen-bond donors (Lipinski definition) is 1. The van der Waals surface area contributed by atoms with Gasteiger partial charge in [0.2, 0.25) is 5.89 Å². The van der Waals surface area contributed by atoms with Crippen molar-refractivity contribution < 1.29 is 4.42 Å². The van der Waals surface area contributed by atoms with Crippen molar-refractivity contribution >= 4 is 23.1 Å². The second-order valence-corrected chi connectivity index (χ2v) is 7.51. The van der Waals surface area contributed by atoms with Gasteiger partial charge in [-0.05, 0) is 13.8 Å². The van der Waals surface area contributed by atoms with Crippen molar-refractivity contribution in [1.82, 2.24) is 24.7 Å². The highest BCUT2D eigenvalue weighted by molar-refractivity contribution is 7.98. The monoisotopic (exact) mass is 391 g/mol. The lowest BCUT2D eigenvalue weighted by Gasteiger charge is -2.06. The van der Waals surface area contributed by atoms with E-state index in [4.69, 9.17) is 4.42 Å². The number of nitrogens with one attached hydrogen (secondary N) is 1. The molecule has 0 aliphatic carbocycles. The largest absolute Gasteiger partial charge is 0.416 e. The number of allylic oxidation sites excluding steroid dienone is 1. The molecule has 26 heavy (non-hydrogen) atoms. The van der Waals surface area contributed by atoms with Crippen LogP contribution in [0.25, 0.3) is 0 Å². The van der Waals surface area contributed by atoms with Gasteiger partial charge in [0.15, 0.2) is 0 Å². The molecule has 0 fully saturated rings. The molecule has 3 aromatic rings. The minimum atomic E-state index is -0.462. The Morgan fingerprint density at radius 3 is 2.88 bits per heavy atom. The van der Waals surface area contributed by atoms with Gasteiger partial charge >= 0.3 is 5.69 Å². The molecule has 0 amide bonds. The second-order valence-electron chi connectivity index (χ2n) is 5.52. The van der Waals surface area contributed by atoms with Gasteiger partial charge in [0.05, 0.1) is 17.1 Å². The number of thioether (sulfide) groups is 1. The quantitative estimate of drug-likeness (QED) is 0.485. The number of aromatic nitrogens is 5. The van der Waals surface area contributed by atoms with E-state index in [2.05, 4.69) is 26.7 Å². The Morgan fingerprint density at radius 2 is 2.19 bits per heavy atom. The topological polar surface area (TPSA) is 107 Å². The molecule has 0 spiro atoms. The number of hydrogen-bond acceptors (Lipinski definition) is 8. The number of nitrogens with zero attached hydrogens (tertiary/aromatic N) is 4. The molecule has 0 aromatic carbocycles. The maximum absolute atomic E-state index is 12.5. The molecule has 1 N–H and O–H groups in total. The van der Waals surface area contributed by atoms with Crippen molar-refractivity contribution in [3.05, 3.63) is 66.7 Å². The van der Waals surface area contributed by atoms with Crippen LogP contribution in [0.3, 0.4) is 0 Å². The lowest BCUT2D eigenvalue weighted by molar-refractivity contribution is 0.419. The Hall–Kier alpha value is -2.46. The smallest absolute Gasteiger partial charge is 0.328 e. The summed E-state index contributed by atoms with van der Waals surface area (Å²) in [7, 11) is 0. The maximum Gasteiger partial charge on any atom is 0.328 e. The average molecular weight is 391 g/mol. The molecule has 136 valence electrons. The fourth-order valence-corrected chi connectivity index (χ4v) is 3.74. The normalized spacial score (nSPS) is 11.0. The first-order chi connectivity index (χ1) is 12.5. The molecule has 8 nitrogen and oxygen atoms in total. The Labute approximate surface area is 157 Å². The van der Waals surface area contributed by atoms with E-state index in [1.807, 2.05) is 12.3 Å². The van der Waals surface area contributed by atoms with Gasteiger partial charge in [0, 0.05) is 28.9 Å². The summed E-state index contributed by atoms with van der Waals surface area (Å²) in [6, 6.07) is 0. The minimum absolute atomic E-state index is 0.138. The standard InChI is InChI=1S/C16H17N5O3S2/c1-4-5-21-14(22)12(9(2)17-15(21)23)6-13-19-20-16(24-13)26-8-11-7-25-10(3)18-11/h4,7H,1,5-6,8H2,2-3H3,(H,17,23). The van der Waals surface area contributed by atoms with Crippen molar-refractivity contribution in [2.24, 2.45) is 0 Å². The van der Waals surface area contributed by atoms with Crippen LogP contribution >= 0.6 is 23.1 Å². The van der Waals surface area contributed by atoms with Gasteiger partial charge in [-0.25, -0.2) is 9.78 Å². The third kappa shape index (κ3) is 4.02. The Kier molecular flexibility index (Phi) is 5.52. The lowest BCUT2D eigenvalue weighted by Crippen LogP contribution is -2.37. The predicted octanol–water partition coefficient (Wildman–Crippen LogP) is 2.06. The highest BCUT2D eigenvalue weighted by Gasteiger charge is 2.15. The molecule has 0 unspecified atom stereocenters. The van der Waals surface area contributed by atoms with Crippen LogP contribution in [0, 0.1) is 13.8 Å². The molecule has 0 bridgehead atoms. The summed E-state index contributed by atoms with van der Waals surface area (Å²) in [6.45, 7) is 7.33. The molecule has 0 aliphatic rings. The van der Waals surface area contributed by atoms with E-state index >= 15 is 0 Å². The molecular weight excluding hydrogens is 374 g/mol. The van der Waals surface area contributed by atoms with Crippen molar-refractivity contribution in [1.29, 1.82) is 0 Å². The van der Waals surface area contributed by atoms with E-state index < -0.39 is 5.69 Å². The summed E-state index contributed by atoms with van der Waals surface area (Å²) < 4.78 is 6.70. The summed E-state index contributed by atoms with van der Waals surface area (Å²) in [5.74, 6) is 0.954. The summed E-state index contributed by atoms with van der Waals surface area (Å²) >= 11 is 2.98. The molecule has 3 rings (SSSR count). The van der Waals surface area contributed by atoms with Gasteiger partial charge in [-0.3, -0.25) is 9.36 Å². The van der Waals surface area contributed by atoms with Crippen molar-refractivity contribution in [3.63, 3.8) is 0 Å². The first kappa shape index (κ1) is 18.3. The molecule has 0 atom stereocenters. The van der Waals surface area contributed by atoms with E-state index in [0.29, 0.717) is 28.1 Å². The number of thiazole rings is 1. The van der Waals surface area contributed by atoms with Gasteiger partial charge in [-0.2, -0.15) is 0 Å². The molecule has 0 radical (unpaired) electrons. The third-order valence-electron chi connectivity index (χ3n) is 3.59. The molecule has 0 saturated carbocycles. The summed E-state index contributed by atoms with van der Waals surface area (Å²) in [5, 5.41) is 11.4. The van der Waals surface area contributed by atoms with Crippen LogP contribution in [0.2, 0.25) is 0 Å². The Bertz CT molecular complexity index is 1050. The fraction of sp³-hybridized carbons (Fsp3) is 0.312. The number of H-pyrrole nitrogens is 1. The molecule has 10 heteroatoms. The third-order valence-corrected chi connectivity index (χ3v) is 5.27. The summed E-state index contributed by atoms with van der Waals surface area (Å²) in [4.78, 5) is 31.4. The zero-order valence-electron chi connectivity index (χ0n) is 14.3. The van der Waals surface area contributed by atoms with E-state index in [1.165, 1.54) is 17.8 Å². The summed E-state index contributed by atoms with van der Waals surface area (Å²) in [6.07, 6.45) is 1.65. The minimum Gasteiger partial charge on any atom is -0.416 e. The molecule has 3 aromatic heterocycles. The van der Waals surface area contributed by atoms with Crippen molar-refractivity contribution in [3.8, 4) is 0 Å². The van der Waals surface area contributed by atoms with Crippen LogP contribution in [-0.4, -0.2) is 24.7 Å². The van der Waals surface area contributed by atoms with Gasteiger partial charge in [-0.1, -0.05) is 17.8 Å². The van der Waals surface area contributed by atoms with E-state index in [0.717, 1.165) is 15.3 Å². The van der Waals surface area contributed by atoms with Crippen LogP contribution in [0.4, 0.5) is 0 Å². The van der Waals surface area contributed by atoms with E-state index in [9.17, 15) is 9.59 Å². The van der Waals surface area contributed by atoms with Gasteiger partial charge < -0.3 is 9.40 Å². The molecule has 0 saturated heterocycles. The number of aromatic amines is 1. The zero-order chi connectivity index (χ0) is 18.7. The predicted molar refractivity (Wildman–Crippen MR) is 99.8 cm³/mol. The first-order valence-electron chi connectivity index (χ1n) is 7.77. The molecule has 3 heterocycles. The van der Waals surface area contributed by atoms with Gasteiger partial charge in [-0.15, -0.1) is 28.1 Å². The first-order valence-corrected chi connectivity index (χ1v) is 9.64. The Morgan fingerprint density at radius 1 is 1.38 bits per heavy atom. The highest BCUT2D eigenvalue weighted by Crippen LogP contribution is 2.22. The van der Waals surface area contributed by atoms with Crippen molar-refractivity contribution in [2.45, 2.75) is 37.8 Å². The second kappa shape index (κ2) is 7.83. The SMILES string of the molecule is C=CCn1c(=O)[nH]c(C)c(Cc2nnc(SCc3csc(C)n3)o2)c1=O. The highest BCUT2D eigenvalue weighted by atomic mass is 32.2.